The van der Waals surface area contributed by atoms with E-state index in [4.69, 9.17) is 0 Å². The maximum Gasteiger partial charge on any atom is 0.196 e. The quantitative estimate of drug-likeness (QED) is 0.456. The van der Waals surface area contributed by atoms with E-state index in [1.807, 2.05) is 34.9 Å². The van der Waals surface area contributed by atoms with Gasteiger partial charge < -0.3 is 0 Å². The van der Waals surface area contributed by atoms with Gasteiger partial charge >= 0.3 is 0 Å². The van der Waals surface area contributed by atoms with E-state index < -0.39 is 0 Å². The van der Waals surface area contributed by atoms with E-state index in [2.05, 4.69) is 34.2 Å². The largest absolute Gasteiger partial charge is 0.270 e. The molecule has 0 aliphatic heterocycles. The minimum Gasteiger partial charge on any atom is -0.270 e. The Kier molecular flexibility index (Phi) is 4.98. The second kappa shape index (κ2) is 7.72. The molecular weight excluding hydrogens is 359 g/mol. The number of pyridine rings is 1. The second-order valence-electron chi connectivity index (χ2n) is 6.14. The van der Waals surface area contributed by atoms with Crippen LogP contribution in [0.5, 0.6) is 0 Å². The summed E-state index contributed by atoms with van der Waals surface area (Å²) in [5, 5.41) is 9.57. The highest BCUT2D eigenvalue weighted by Crippen LogP contribution is 2.29. The Hall–Kier alpha value is -2.99. The summed E-state index contributed by atoms with van der Waals surface area (Å²) >= 11 is 1.53. The molecule has 4 rings (SSSR count). The Balaban J connectivity index is 1.74. The van der Waals surface area contributed by atoms with E-state index >= 15 is 0 Å². The molecule has 0 bridgehead atoms. The van der Waals surface area contributed by atoms with Crippen molar-refractivity contribution in [2.24, 2.45) is 0 Å². The molecule has 6 heteroatoms. The Bertz CT molecular complexity index is 1060. The average Bonchev–Trinajstić information content (AvgIpc) is 3.11. The zero-order valence-electron chi connectivity index (χ0n) is 14.7. The lowest BCUT2D eigenvalue weighted by atomic mass is 10.2. The van der Waals surface area contributed by atoms with Gasteiger partial charge in [-0.2, -0.15) is 0 Å². The topological polar surface area (TPSA) is 43.6 Å². The first-order valence-corrected chi connectivity index (χ1v) is 9.49. The predicted molar refractivity (Wildman–Crippen MR) is 105 cm³/mol. The minimum atomic E-state index is -0.231. The molecule has 0 aliphatic carbocycles. The van der Waals surface area contributed by atoms with Gasteiger partial charge in [0.05, 0.1) is 0 Å². The molecule has 0 aliphatic rings. The van der Waals surface area contributed by atoms with Gasteiger partial charge in [-0.25, -0.2) is 4.39 Å². The second-order valence-corrected chi connectivity index (χ2v) is 7.08. The van der Waals surface area contributed by atoms with Crippen LogP contribution >= 0.6 is 11.8 Å². The fraction of sp³-hybridized carbons (Fsp3) is 0.0952. The Morgan fingerprint density at radius 2 is 1.78 bits per heavy atom. The summed E-state index contributed by atoms with van der Waals surface area (Å²) in [7, 11) is 0. The van der Waals surface area contributed by atoms with Crippen molar-refractivity contribution in [2.45, 2.75) is 17.8 Å². The summed E-state index contributed by atoms with van der Waals surface area (Å²) < 4.78 is 15.5. The van der Waals surface area contributed by atoms with Gasteiger partial charge in [-0.1, -0.05) is 36.0 Å². The van der Waals surface area contributed by atoms with Crippen LogP contribution in [-0.2, 0) is 5.75 Å². The standard InChI is InChI=1S/C21H17FN4S/c1-15-4-2-7-19(12-15)26-20(17-8-10-23-11-9-17)24-25-21(26)27-14-16-5-3-6-18(22)13-16/h2-13H,14H2,1H3. The lowest BCUT2D eigenvalue weighted by Gasteiger charge is -2.11. The van der Waals surface area contributed by atoms with E-state index in [0.29, 0.717) is 5.75 Å². The van der Waals surface area contributed by atoms with Gasteiger partial charge in [0.1, 0.15) is 5.82 Å². The van der Waals surface area contributed by atoms with Crippen LogP contribution in [0, 0.1) is 12.7 Å². The van der Waals surface area contributed by atoms with Crippen LogP contribution in [0.4, 0.5) is 4.39 Å². The number of nitrogens with zero attached hydrogens (tertiary/aromatic N) is 4. The van der Waals surface area contributed by atoms with Crippen LogP contribution in [-0.4, -0.2) is 19.7 Å². The van der Waals surface area contributed by atoms with Crippen LogP contribution < -0.4 is 0 Å². The molecule has 0 saturated heterocycles. The SMILES string of the molecule is Cc1cccc(-n2c(SCc3cccc(F)c3)nnc2-c2ccncc2)c1. The van der Waals surface area contributed by atoms with E-state index in [1.165, 1.54) is 17.8 Å². The van der Waals surface area contributed by atoms with Crippen molar-refractivity contribution in [1.29, 1.82) is 0 Å². The fourth-order valence-corrected chi connectivity index (χ4v) is 3.72. The van der Waals surface area contributed by atoms with E-state index in [9.17, 15) is 4.39 Å². The predicted octanol–water partition coefficient (Wildman–Crippen LogP) is 5.07. The number of thioether (sulfide) groups is 1. The number of benzene rings is 2. The van der Waals surface area contributed by atoms with Crippen molar-refractivity contribution in [3.63, 3.8) is 0 Å². The number of halogens is 1. The third-order valence-electron chi connectivity index (χ3n) is 4.09. The lowest BCUT2D eigenvalue weighted by molar-refractivity contribution is 0.626. The highest BCUT2D eigenvalue weighted by Gasteiger charge is 2.16. The van der Waals surface area contributed by atoms with Crippen LogP contribution in [0.25, 0.3) is 17.1 Å². The van der Waals surface area contributed by atoms with E-state index in [0.717, 1.165) is 33.4 Å². The van der Waals surface area contributed by atoms with Crippen LogP contribution in [0.1, 0.15) is 11.1 Å². The molecule has 2 aromatic carbocycles. The number of aryl methyl sites for hydroxylation is 1. The Morgan fingerprint density at radius 1 is 0.963 bits per heavy atom. The summed E-state index contributed by atoms with van der Waals surface area (Å²) in [6.45, 7) is 2.06. The molecule has 0 fully saturated rings. The smallest absolute Gasteiger partial charge is 0.196 e. The maximum atomic E-state index is 13.5. The zero-order chi connectivity index (χ0) is 18.6. The summed E-state index contributed by atoms with van der Waals surface area (Å²) in [6.07, 6.45) is 3.48. The molecule has 4 nitrogen and oxygen atoms in total. The van der Waals surface area contributed by atoms with Gasteiger partial charge in [0.15, 0.2) is 11.0 Å². The van der Waals surface area contributed by atoms with Gasteiger partial charge in [0.2, 0.25) is 0 Å². The Labute approximate surface area is 161 Å². The van der Waals surface area contributed by atoms with Gasteiger partial charge in [-0.05, 0) is 54.4 Å². The minimum absolute atomic E-state index is 0.231. The van der Waals surface area contributed by atoms with E-state index in [1.54, 1.807) is 24.5 Å². The molecular formula is C21H17FN4S. The molecule has 27 heavy (non-hydrogen) atoms. The molecule has 0 unspecified atom stereocenters. The third-order valence-corrected chi connectivity index (χ3v) is 5.09. The molecule has 0 amide bonds. The van der Waals surface area contributed by atoms with Crippen LogP contribution in [0.2, 0.25) is 0 Å². The zero-order valence-corrected chi connectivity index (χ0v) is 15.5. The van der Waals surface area contributed by atoms with Crippen molar-refractivity contribution in [3.8, 4) is 17.1 Å². The first-order valence-electron chi connectivity index (χ1n) is 8.51. The number of aromatic nitrogens is 4. The molecule has 0 radical (unpaired) electrons. The summed E-state index contributed by atoms with van der Waals surface area (Å²) in [4.78, 5) is 4.08. The van der Waals surface area contributed by atoms with E-state index in [-0.39, 0.29) is 5.82 Å². The first-order chi connectivity index (χ1) is 13.2. The highest BCUT2D eigenvalue weighted by atomic mass is 32.2. The highest BCUT2D eigenvalue weighted by molar-refractivity contribution is 7.98. The summed E-state index contributed by atoms with van der Waals surface area (Å²) in [6, 6.07) is 18.7. The van der Waals surface area contributed by atoms with Crippen LogP contribution in [0.15, 0.2) is 78.2 Å². The molecule has 2 heterocycles. The van der Waals surface area contributed by atoms with Crippen molar-refractivity contribution < 1.29 is 4.39 Å². The first kappa shape index (κ1) is 17.4. The van der Waals surface area contributed by atoms with Crippen molar-refractivity contribution >= 4 is 11.8 Å². The van der Waals surface area contributed by atoms with Crippen molar-refractivity contribution in [2.75, 3.05) is 0 Å². The third kappa shape index (κ3) is 3.90. The normalized spacial score (nSPS) is 10.9. The maximum absolute atomic E-state index is 13.5. The number of rotatable bonds is 5. The average molecular weight is 376 g/mol. The molecule has 4 aromatic rings. The molecule has 0 spiro atoms. The summed E-state index contributed by atoms with van der Waals surface area (Å²) in [5.41, 5.74) is 4.00. The molecule has 0 saturated carbocycles. The number of hydrogen-bond acceptors (Lipinski definition) is 4. The molecule has 0 atom stereocenters. The fourth-order valence-electron chi connectivity index (χ4n) is 2.83. The monoisotopic (exact) mass is 376 g/mol. The van der Waals surface area contributed by atoms with Gasteiger partial charge in [0, 0.05) is 29.4 Å². The molecule has 2 aromatic heterocycles. The van der Waals surface area contributed by atoms with Gasteiger partial charge in [-0.3, -0.25) is 9.55 Å². The molecule has 134 valence electrons. The van der Waals surface area contributed by atoms with Crippen molar-refractivity contribution in [3.05, 3.63) is 90.0 Å². The van der Waals surface area contributed by atoms with Crippen LogP contribution in [0.3, 0.4) is 0 Å². The van der Waals surface area contributed by atoms with Gasteiger partial charge in [0.25, 0.3) is 0 Å². The summed E-state index contributed by atoms with van der Waals surface area (Å²) in [5.74, 6) is 1.13. The lowest BCUT2D eigenvalue weighted by Crippen LogP contribution is -2.00. The van der Waals surface area contributed by atoms with Crippen molar-refractivity contribution in [1.82, 2.24) is 19.7 Å². The number of hydrogen-bond donors (Lipinski definition) is 0. The molecule has 0 N–H and O–H groups in total. The Morgan fingerprint density at radius 3 is 2.56 bits per heavy atom. The van der Waals surface area contributed by atoms with Gasteiger partial charge in [-0.15, -0.1) is 10.2 Å².